The molecule has 0 aliphatic carbocycles. The lowest BCUT2D eigenvalue weighted by Gasteiger charge is -2.08. The van der Waals surface area contributed by atoms with Crippen LogP contribution in [0.3, 0.4) is 0 Å². The number of hydrogen-bond acceptors (Lipinski definition) is 2. The van der Waals surface area contributed by atoms with Gasteiger partial charge in [-0.25, -0.2) is 4.98 Å². The molecule has 0 aliphatic heterocycles. The average molecular weight is 289 g/mol. The fourth-order valence-electron chi connectivity index (χ4n) is 2.82. The number of benzene rings is 1. The predicted octanol–water partition coefficient (Wildman–Crippen LogP) is 4.52. The maximum Gasteiger partial charge on any atom is 0.137 e. The summed E-state index contributed by atoms with van der Waals surface area (Å²) in [5.74, 6) is 0. The van der Waals surface area contributed by atoms with Crippen LogP contribution in [-0.4, -0.2) is 9.38 Å². The van der Waals surface area contributed by atoms with Crippen molar-refractivity contribution in [2.45, 2.75) is 33.1 Å². The van der Waals surface area contributed by atoms with E-state index in [1.807, 2.05) is 30.3 Å². The van der Waals surface area contributed by atoms with E-state index in [1.165, 1.54) is 5.69 Å². The minimum absolute atomic E-state index is 0.685. The molecule has 3 heteroatoms. The molecule has 0 saturated carbocycles. The second kappa shape index (κ2) is 6.03. The van der Waals surface area contributed by atoms with Crippen LogP contribution in [0.25, 0.3) is 16.9 Å². The van der Waals surface area contributed by atoms with Crippen LogP contribution < -0.4 is 0 Å². The van der Waals surface area contributed by atoms with Gasteiger partial charge in [0.2, 0.25) is 0 Å². The van der Waals surface area contributed by atoms with Crippen LogP contribution in [-0.2, 0) is 6.42 Å². The molecule has 3 aromatic rings. The Kier molecular flexibility index (Phi) is 3.93. The van der Waals surface area contributed by atoms with E-state index < -0.39 is 0 Å². The van der Waals surface area contributed by atoms with Crippen LogP contribution in [0.5, 0.6) is 0 Å². The van der Waals surface area contributed by atoms with Crippen molar-refractivity contribution in [2.75, 3.05) is 0 Å². The van der Waals surface area contributed by atoms with E-state index in [1.54, 1.807) is 0 Å². The zero-order chi connectivity index (χ0) is 15.5. The van der Waals surface area contributed by atoms with Gasteiger partial charge < -0.3 is 0 Å². The first-order valence-corrected chi connectivity index (χ1v) is 7.72. The van der Waals surface area contributed by atoms with Crippen molar-refractivity contribution in [3.63, 3.8) is 0 Å². The van der Waals surface area contributed by atoms with Gasteiger partial charge >= 0.3 is 0 Å². The van der Waals surface area contributed by atoms with Gasteiger partial charge in [0.1, 0.15) is 5.65 Å². The number of aromatic nitrogens is 2. The van der Waals surface area contributed by atoms with Gasteiger partial charge in [0.05, 0.1) is 23.0 Å². The Balaban J connectivity index is 2.21. The van der Waals surface area contributed by atoms with E-state index in [9.17, 15) is 0 Å². The molecule has 3 nitrogen and oxygen atoms in total. The zero-order valence-electron chi connectivity index (χ0n) is 13.0. The van der Waals surface area contributed by atoms with E-state index in [-0.39, 0.29) is 0 Å². The van der Waals surface area contributed by atoms with Crippen LogP contribution in [0.2, 0.25) is 0 Å². The minimum Gasteiger partial charge on any atom is -0.297 e. The summed E-state index contributed by atoms with van der Waals surface area (Å²) < 4.78 is 2.21. The molecule has 1 aromatic carbocycles. The Bertz CT molecular complexity index is 835. The minimum atomic E-state index is 0.685. The van der Waals surface area contributed by atoms with E-state index in [0.717, 1.165) is 41.9 Å². The standard InChI is InChI=1S/C19H19N3/c1-3-4-7-17-19(16-11-9-15(13-20)10-12-16)22-14(2)6-5-8-18(22)21-17/h5-6,8-12H,3-4,7H2,1-2H3. The molecule has 0 fully saturated rings. The Labute approximate surface area is 130 Å². The summed E-state index contributed by atoms with van der Waals surface area (Å²) in [7, 11) is 0. The van der Waals surface area contributed by atoms with Crippen LogP contribution >= 0.6 is 0 Å². The molecule has 2 heterocycles. The summed E-state index contributed by atoms with van der Waals surface area (Å²) in [4.78, 5) is 4.83. The van der Waals surface area contributed by atoms with E-state index >= 15 is 0 Å². The molecule has 0 N–H and O–H groups in total. The molecule has 22 heavy (non-hydrogen) atoms. The summed E-state index contributed by atoms with van der Waals surface area (Å²) in [6.07, 6.45) is 3.26. The van der Waals surface area contributed by atoms with E-state index in [4.69, 9.17) is 10.2 Å². The largest absolute Gasteiger partial charge is 0.297 e. The highest BCUT2D eigenvalue weighted by Gasteiger charge is 2.15. The lowest BCUT2D eigenvalue weighted by molar-refractivity contribution is 0.782. The highest BCUT2D eigenvalue weighted by atomic mass is 15.0. The van der Waals surface area contributed by atoms with Gasteiger partial charge in [0, 0.05) is 11.3 Å². The summed E-state index contributed by atoms with van der Waals surface area (Å²) in [6.45, 7) is 4.30. The monoisotopic (exact) mass is 289 g/mol. The Hall–Kier alpha value is -2.60. The number of hydrogen-bond donors (Lipinski definition) is 0. The molecule has 0 radical (unpaired) electrons. The Morgan fingerprint density at radius 1 is 1.14 bits per heavy atom. The molecule has 2 aromatic heterocycles. The lowest BCUT2D eigenvalue weighted by Crippen LogP contribution is -1.95. The van der Waals surface area contributed by atoms with Crippen LogP contribution in [0, 0.1) is 18.3 Å². The Morgan fingerprint density at radius 3 is 2.59 bits per heavy atom. The summed E-state index contributed by atoms with van der Waals surface area (Å²) in [5.41, 5.74) is 6.26. The van der Waals surface area contributed by atoms with Gasteiger partial charge in [-0.3, -0.25) is 4.40 Å². The van der Waals surface area contributed by atoms with Crippen molar-refractivity contribution in [3.05, 3.63) is 59.4 Å². The lowest BCUT2D eigenvalue weighted by atomic mass is 10.0. The Morgan fingerprint density at radius 2 is 1.91 bits per heavy atom. The van der Waals surface area contributed by atoms with Crippen molar-refractivity contribution >= 4 is 5.65 Å². The number of unbranched alkanes of at least 4 members (excludes halogenated alkanes) is 1. The first-order chi connectivity index (χ1) is 10.7. The molecule has 0 aliphatic rings. The molecule has 0 unspecified atom stereocenters. The van der Waals surface area contributed by atoms with Crippen LogP contribution in [0.1, 0.15) is 36.7 Å². The van der Waals surface area contributed by atoms with Gasteiger partial charge in [-0.1, -0.05) is 31.5 Å². The average Bonchev–Trinajstić information content (AvgIpc) is 2.93. The maximum absolute atomic E-state index is 8.98. The molecular weight excluding hydrogens is 270 g/mol. The number of rotatable bonds is 4. The van der Waals surface area contributed by atoms with Gasteiger partial charge in [0.25, 0.3) is 0 Å². The fraction of sp³-hybridized carbons (Fsp3) is 0.263. The second-order valence-electron chi connectivity index (χ2n) is 5.56. The van der Waals surface area contributed by atoms with Crippen molar-refractivity contribution < 1.29 is 0 Å². The summed E-state index contributed by atoms with van der Waals surface area (Å²) in [5, 5.41) is 8.98. The molecule has 3 rings (SSSR count). The maximum atomic E-state index is 8.98. The number of aryl methyl sites for hydroxylation is 2. The predicted molar refractivity (Wildman–Crippen MR) is 88.7 cm³/mol. The fourth-order valence-corrected chi connectivity index (χ4v) is 2.82. The third-order valence-electron chi connectivity index (χ3n) is 3.97. The quantitative estimate of drug-likeness (QED) is 0.708. The highest BCUT2D eigenvalue weighted by Crippen LogP contribution is 2.28. The topological polar surface area (TPSA) is 41.1 Å². The molecule has 0 amide bonds. The molecule has 0 atom stereocenters. The van der Waals surface area contributed by atoms with Crippen LogP contribution in [0.15, 0.2) is 42.5 Å². The van der Waals surface area contributed by atoms with Gasteiger partial charge in [-0.15, -0.1) is 0 Å². The molecule has 110 valence electrons. The van der Waals surface area contributed by atoms with Crippen molar-refractivity contribution in [3.8, 4) is 17.3 Å². The first kappa shape index (κ1) is 14.3. The summed E-state index contributed by atoms with van der Waals surface area (Å²) in [6, 6.07) is 16.2. The van der Waals surface area contributed by atoms with Gasteiger partial charge in [-0.2, -0.15) is 5.26 Å². The molecule has 0 spiro atoms. The molecular formula is C19H19N3. The van der Waals surface area contributed by atoms with Crippen molar-refractivity contribution in [2.24, 2.45) is 0 Å². The third kappa shape index (κ3) is 2.48. The number of imidazole rings is 1. The van der Waals surface area contributed by atoms with E-state index in [2.05, 4.69) is 36.5 Å². The number of nitriles is 1. The number of nitrogens with zero attached hydrogens (tertiary/aromatic N) is 3. The highest BCUT2D eigenvalue weighted by molar-refractivity contribution is 5.68. The van der Waals surface area contributed by atoms with Crippen LogP contribution in [0.4, 0.5) is 0 Å². The molecule has 0 saturated heterocycles. The molecule has 0 bridgehead atoms. The number of pyridine rings is 1. The third-order valence-corrected chi connectivity index (χ3v) is 3.97. The smallest absolute Gasteiger partial charge is 0.137 e. The van der Waals surface area contributed by atoms with E-state index in [0.29, 0.717) is 5.56 Å². The second-order valence-corrected chi connectivity index (χ2v) is 5.56. The zero-order valence-corrected chi connectivity index (χ0v) is 13.0. The first-order valence-electron chi connectivity index (χ1n) is 7.72. The van der Waals surface area contributed by atoms with Gasteiger partial charge in [-0.05, 0) is 44.0 Å². The summed E-state index contributed by atoms with van der Waals surface area (Å²) >= 11 is 0. The number of fused-ring (bicyclic) bond motifs is 1. The van der Waals surface area contributed by atoms with Crippen molar-refractivity contribution in [1.29, 1.82) is 5.26 Å². The SMILES string of the molecule is CCCCc1nc2cccc(C)n2c1-c1ccc(C#N)cc1. The normalized spacial score (nSPS) is 10.8. The van der Waals surface area contributed by atoms with Crippen molar-refractivity contribution in [1.82, 2.24) is 9.38 Å². The van der Waals surface area contributed by atoms with Gasteiger partial charge in [0.15, 0.2) is 0 Å².